The fraction of sp³-hybridized carbons (Fsp3) is 0. The molecule has 0 amide bonds. The lowest BCUT2D eigenvalue weighted by molar-refractivity contribution is 1.07. The molecule has 0 fully saturated rings. The van der Waals surface area contributed by atoms with Crippen LogP contribution in [0, 0.1) is 6.07 Å². The second kappa shape index (κ2) is 1.79. The molecule has 0 aliphatic carbocycles. The first-order chi connectivity index (χ1) is 5.93. The van der Waals surface area contributed by atoms with E-state index >= 15 is 0 Å². The fourth-order valence-electron chi connectivity index (χ4n) is 1.04. The second-order valence-corrected chi connectivity index (χ2v) is 2.32. The van der Waals surface area contributed by atoms with Crippen LogP contribution in [0.15, 0.2) is 36.9 Å². The van der Waals surface area contributed by atoms with E-state index in [1.807, 2.05) is 0 Å². The summed E-state index contributed by atoms with van der Waals surface area (Å²) in [4.78, 5) is 0. The molecule has 1 aromatic rings. The van der Waals surface area contributed by atoms with Crippen LogP contribution in [0.4, 0.5) is 11.4 Å². The Kier molecular flexibility index (Phi) is 0.840. The van der Waals surface area contributed by atoms with Gasteiger partial charge < -0.3 is 0 Å². The average Bonchev–Trinajstić information content (AvgIpc) is 2.64. The van der Waals surface area contributed by atoms with Crippen molar-refractivity contribution in [2.24, 2.45) is 30.9 Å². The molecule has 2 aliphatic heterocycles. The molecular formula is C6HN6. The Balaban J connectivity index is 2.50. The molecule has 55 valence electrons. The van der Waals surface area contributed by atoms with Crippen molar-refractivity contribution in [3.8, 4) is 0 Å². The lowest BCUT2D eigenvalue weighted by Gasteiger charge is -1.85. The third-order valence-corrected chi connectivity index (χ3v) is 1.59. The molecule has 0 N–H and O–H groups in total. The first kappa shape index (κ1) is 5.64. The van der Waals surface area contributed by atoms with Crippen LogP contribution in [0.5, 0.6) is 0 Å². The molecule has 0 unspecified atom stereocenters. The van der Waals surface area contributed by atoms with E-state index in [-0.39, 0.29) is 0 Å². The molecule has 6 heteroatoms. The van der Waals surface area contributed by atoms with E-state index in [0.717, 1.165) is 0 Å². The highest BCUT2D eigenvalue weighted by Gasteiger charge is 2.08. The number of hydrogen-bond acceptors (Lipinski definition) is 6. The summed E-state index contributed by atoms with van der Waals surface area (Å²) in [6, 6.07) is 4.63. The normalized spacial score (nSPS) is 15.3. The third kappa shape index (κ3) is 0.584. The Bertz CT molecular complexity index is 476. The van der Waals surface area contributed by atoms with E-state index in [1.54, 1.807) is 6.07 Å². The lowest BCUT2D eigenvalue weighted by Crippen LogP contribution is -2.06. The summed E-state index contributed by atoms with van der Waals surface area (Å²) < 4.78 is 0. The van der Waals surface area contributed by atoms with E-state index in [2.05, 4.69) is 36.9 Å². The van der Waals surface area contributed by atoms with Crippen molar-refractivity contribution in [1.82, 2.24) is 0 Å². The fourth-order valence-corrected chi connectivity index (χ4v) is 1.04. The first-order valence-electron chi connectivity index (χ1n) is 3.27. The van der Waals surface area contributed by atoms with E-state index in [9.17, 15) is 0 Å². The quantitative estimate of drug-likeness (QED) is 0.533. The second-order valence-electron chi connectivity index (χ2n) is 2.32. The smallest absolute Gasteiger partial charge is 0.125 e. The lowest BCUT2D eigenvalue weighted by atomic mass is 10.2. The maximum Gasteiger partial charge on any atom is 0.125 e. The number of rotatable bonds is 0. The van der Waals surface area contributed by atoms with Crippen LogP contribution >= 0.6 is 0 Å². The van der Waals surface area contributed by atoms with Gasteiger partial charge in [0.25, 0.3) is 0 Å². The van der Waals surface area contributed by atoms with Gasteiger partial charge in [0, 0.05) is 6.07 Å². The molecule has 0 spiro atoms. The zero-order chi connectivity index (χ0) is 7.97. The molecule has 12 heavy (non-hydrogen) atoms. The van der Waals surface area contributed by atoms with Crippen molar-refractivity contribution < 1.29 is 0 Å². The summed E-state index contributed by atoms with van der Waals surface area (Å²) in [6.07, 6.45) is 0. The van der Waals surface area contributed by atoms with Gasteiger partial charge in [-0.15, -0.1) is 20.4 Å². The Morgan fingerprint density at radius 3 is 3.00 bits per heavy atom. The van der Waals surface area contributed by atoms with Crippen LogP contribution in [-0.4, -0.2) is 0 Å². The summed E-state index contributed by atoms with van der Waals surface area (Å²) in [7, 11) is 0. The van der Waals surface area contributed by atoms with Gasteiger partial charge in [0.15, 0.2) is 0 Å². The van der Waals surface area contributed by atoms with Gasteiger partial charge in [-0.25, -0.2) is 0 Å². The van der Waals surface area contributed by atoms with E-state index < -0.39 is 0 Å². The summed E-state index contributed by atoms with van der Waals surface area (Å²) in [6.45, 7) is 0. The molecule has 1 aromatic carbocycles. The zero-order valence-electron chi connectivity index (χ0n) is 5.76. The van der Waals surface area contributed by atoms with Crippen LogP contribution in [0.25, 0.3) is 0 Å². The minimum absolute atomic E-state index is 0.602. The summed E-state index contributed by atoms with van der Waals surface area (Å²) in [5.41, 5.74) is 1.27. The van der Waals surface area contributed by atoms with Crippen molar-refractivity contribution in [2.45, 2.75) is 0 Å². The standard InChI is InChI=1S/C6HN6/c1-3-5(9-11-7-3)2-6-4(1)8-12-10-6/h1H. The molecule has 2 heterocycles. The predicted octanol–water partition coefficient (Wildman–Crippen LogP) is 0.751. The number of nitrogens with zero attached hydrogens (tertiary/aromatic N) is 6. The Morgan fingerprint density at radius 2 is 2.00 bits per heavy atom. The van der Waals surface area contributed by atoms with Crippen molar-refractivity contribution in [3.05, 3.63) is 22.8 Å². The van der Waals surface area contributed by atoms with Crippen molar-refractivity contribution in [3.63, 3.8) is 0 Å². The Labute approximate surface area is 66.0 Å². The van der Waals surface area contributed by atoms with Crippen LogP contribution in [0.2, 0.25) is 0 Å². The highest BCUT2D eigenvalue weighted by Crippen LogP contribution is 2.14. The van der Waals surface area contributed by atoms with E-state index in [0.29, 0.717) is 22.1 Å². The van der Waals surface area contributed by atoms with Crippen LogP contribution in [0.1, 0.15) is 0 Å². The average molecular weight is 157 g/mol. The molecule has 1 radical (unpaired) electrons. The molecule has 0 saturated carbocycles. The van der Waals surface area contributed by atoms with Gasteiger partial charge in [-0.05, 0) is 16.5 Å². The SMILES string of the molecule is [c]1c2c(cc3c1=NN=N3)=NN=N2. The molecule has 6 nitrogen and oxygen atoms in total. The topological polar surface area (TPSA) is 74.2 Å². The van der Waals surface area contributed by atoms with Crippen LogP contribution in [-0.2, 0) is 0 Å². The number of fused-ring (bicyclic) bond motifs is 2. The van der Waals surface area contributed by atoms with Crippen molar-refractivity contribution in [2.75, 3.05) is 0 Å². The van der Waals surface area contributed by atoms with Crippen molar-refractivity contribution >= 4 is 11.4 Å². The number of benzene rings is 1. The zero-order valence-corrected chi connectivity index (χ0v) is 5.76. The Hall–Kier alpha value is -1.98. The van der Waals surface area contributed by atoms with Gasteiger partial charge in [0.05, 0.1) is 0 Å². The maximum atomic E-state index is 3.76. The van der Waals surface area contributed by atoms with Gasteiger partial charge in [0.2, 0.25) is 0 Å². The predicted molar refractivity (Wildman–Crippen MR) is 36.6 cm³/mol. The largest absolute Gasteiger partial charge is 0.128 e. The molecule has 0 atom stereocenters. The third-order valence-electron chi connectivity index (χ3n) is 1.59. The summed E-state index contributed by atoms with van der Waals surface area (Å²) >= 11 is 0. The highest BCUT2D eigenvalue weighted by atomic mass is 15.4. The molecule has 2 aliphatic rings. The first-order valence-corrected chi connectivity index (χ1v) is 3.27. The molecule has 0 aromatic heterocycles. The van der Waals surface area contributed by atoms with Gasteiger partial charge in [-0.2, -0.15) is 0 Å². The monoisotopic (exact) mass is 157 g/mol. The highest BCUT2D eigenvalue weighted by molar-refractivity contribution is 5.46. The van der Waals surface area contributed by atoms with E-state index in [1.165, 1.54) is 0 Å². The van der Waals surface area contributed by atoms with Crippen LogP contribution < -0.4 is 10.7 Å². The molecule has 0 saturated heterocycles. The van der Waals surface area contributed by atoms with Gasteiger partial charge in [0.1, 0.15) is 22.1 Å². The Morgan fingerprint density at radius 1 is 1.08 bits per heavy atom. The summed E-state index contributed by atoms with van der Waals surface area (Å²) in [5, 5.41) is 23.3. The maximum absolute atomic E-state index is 3.76. The number of hydrogen-bond donors (Lipinski definition) is 0. The van der Waals surface area contributed by atoms with Gasteiger partial charge in [-0.1, -0.05) is 0 Å². The van der Waals surface area contributed by atoms with Crippen LogP contribution in [0.3, 0.4) is 0 Å². The summed E-state index contributed by atoms with van der Waals surface area (Å²) in [5.74, 6) is 0. The molecule has 0 bridgehead atoms. The molecule has 3 rings (SSSR count). The van der Waals surface area contributed by atoms with E-state index in [4.69, 9.17) is 0 Å². The molecular weight excluding hydrogens is 156 g/mol. The van der Waals surface area contributed by atoms with Gasteiger partial charge in [-0.3, -0.25) is 0 Å². The minimum Gasteiger partial charge on any atom is -0.128 e. The van der Waals surface area contributed by atoms with Gasteiger partial charge >= 0.3 is 0 Å². The van der Waals surface area contributed by atoms with Crippen molar-refractivity contribution in [1.29, 1.82) is 0 Å². The minimum atomic E-state index is 0.602.